The maximum Gasteiger partial charge on any atom is 0.253 e. The molecule has 2 N–H and O–H groups in total. The summed E-state index contributed by atoms with van der Waals surface area (Å²) < 4.78 is 0. The fourth-order valence-electron chi connectivity index (χ4n) is 2.69. The number of hydrogen-bond acceptors (Lipinski definition) is 4. The van der Waals surface area contributed by atoms with Crippen LogP contribution in [0.4, 0.5) is 0 Å². The van der Waals surface area contributed by atoms with Crippen molar-refractivity contribution >= 4 is 5.91 Å². The smallest absolute Gasteiger partial charge is 0.253 e. The Morgan fingerprint density at radius 3 is 2.90 bits per heavy atom. The molecule has 1 aromatic rings. The molecule has 1 amide bonds. The Kier molecular flexibility index (Phi) is 4.38. The SMILES string of the molecule is Cc1cc(C(=O)NCC2NCCCC2(C)C)c(C)nn1. The largest absolute Gasteiger partial charge is 0.350 e. The van der Waals surface area contributed by atoms with Gasteiger partial charge in [-0.3, -0.25) is 4.79 Å². The van der Waals surface area contributed by atoms with Crippen molar-refractivity contribution in [2.24, 2.45) is 5.41 Å². The van der Waals surface area contributed by atoms with Gasteiger partial charge in [-0.05, 0) is 44.7 Å². The highest BCUT2D eigenvalue weighted by Crippen LogP contribution is 2.29. The molecule has 5 nitrogen and oxygen atoms in total. The maximum atomic E-state index is 12.3. The lowest BCUT2D eigenvalue weighted by atomic mass is 9.77. The summed E-state index contributed by atoms with van der Waals surface area (Å²) in [5, 5.41) is 14.5. The molecule has 1 unspecified atom stereocenters. The summed E-state index contributed by atoms with van der Waals surface area (Å²) in [5.74, 6) is -0.0660. The molecule has 2 heterocycles. The molecule has 0 bridgehead atoms. The molecule has 1 fully saturated rings. The lowest BCUT2D eigenvalue weighted by molar-refractivity contribution is 0.0927. The number of aromatic nitrogens is 2. The average Bonchev–Trinajstić information content (AvgIpc) is 2.39. The number of nitrogens with zero attached hydrogens (tertiary/aromatic N) is 2. The first-order valence-corrected chi connectivity index (χ1v) is 7.22. The first kappa shape index (κ1) is 14.9. The minimum Gasteiger partial charge on any atom is -0.350 e. The molecule has 0 aliphatic carbocycles. The highest BCUT2D eigenvalue weighted by molar-refractivity contribution is 5.95. The number of carbonyl (C=O) groups is 1. The van der Waals surface area contributed by atoms with Gasteiger partial charge in [0, 0.05) is 12.6 Å². The van der Waals surface area contributed by atoms with Crippen molar-refractivity contribution in [3.8, 4) is 0 Å². The molecule has 1 aromatic heterocycles. The van der Waals surface area contributed by atoms with Crippen LogP contribution in [-0.4, -0.2) is 35.2 Å². The molecule has 0 radical (unpaired) electrons. The topological polar surface area (TPSA) is 66.9 Å². The minimum absolute atomic E-state index is 0.0660. The fourth-order valence-corrected chi connectivity index (χ4v) is 2.69. The lowest BCUT2D eigenvalue weighted by Gasteiger charge is -2.39. The number of hydrogen-bond donors (Lipinski definition) is 2. The van der Waals surface area contributed by atoms with Crippen molar-refractivity contribution in [3.63, 3.8) is 0 Å². The van der Waals surface area contributed by atoms with Gasteiger partial charge in [-0.2, -0.15) is 10.2 Å². The third-order valence-electron chi connectivity index (χ3n) is 4.14. The van der Waals surface area contributed by atoms with Crippen LogP contribution in [0.1, 0.15) is 48.4 Å². The van der Waals surface area contributed by atoms with E-state index in [1.165, 1.54) is 12.8 Å². The Bertz CT molecular complexity index is 499. The molecular formula is C15H24N4O. The van der Waals surface area contributed by atoms with Crippen molar-refractivity contribution in [1.82, 2.24) is 20.8 Å². The van der Waals surface area contributed by atoms with Gasteiger partial charge in [0.15, 0.2) is 0 Å². The predicted octanol–water partition coefficient (Wildman–Crippen LogP) is 1.60. The normalized spacial score (nSPS) is 21.5. The second-order valence-corrected chi connectivity index (χ2v) is 6.29. The summed E-state index contributed by atoms with van der Waals surface area (Å²) in [6.07, 6.45) is 2.39. The highest BCUT2D eigenvalue weighted by atomic mass is 16.1. The number of nitrogens with one attached hydrogen (secondary N) is 2. The summed E-state index contributed by atoms with van der Waals surface area (Å²) in [5.41, 5.74) is 2.26. The molecule has 0 saturated carbocycles. The molecule has 1 aliphatic rings. The first-order valence-electron chi connectivity index (χ1n) is 7.22. The summed E-state index contributed by atoms with van der Waals surface area (Å²) in [7, 11) is 0. The Labute approximate surface area is 120 Å². The maximum absolute atomic E-state index is 12.3. The molecule has 1 aliphatic heterocycles. The van der Waals surface area contributed by atoms with E-state index in [9.17, 15) is 4.79 Å². The zero-order chi connectivity index (χ0) is 14.8. The zero-order valence-electron chi connectivity index (χ0n) is 12.8. The Hall–Kier alpha value is -1.49. The van der Waals surface area contributed by atoms with Crippen LogP contribution in [-0.2, 0) is 0 Å². The second-order valence-electron chi connectivity index (χ2n) is 6.29. The van der Waals surface area contributed by atoms with E-state index in [1.54, 1.807) is 6.07 Å². The molecule has 110 valence electrons. The van der Waals surface area contributed by atoms with Crippen molar-refractivity contribution in [2.75, 3.05) is 13.1 Å². The third-order valence-corrected chi connectivity index (χ3v) is 4.14. The standard InChI is InChI=1S/C15H24N4O/c1-10-8-12(11(2)19-18-10)14(20)17-9-13-15(3,4)6-5-7-16-13/h8,13,16H,5-7,9H2,1-4H3,(H,17,20). The summed E-state index contributed by atoms with van der Waals surface area (Å²) in [6.45, 7) is 9.82. The van der Waals surface area contributed by atoms with Crippen LogP contribution in [0.3, 0.4) is 0 Å². The van der Waals surface area contributed by atoms with E-state index < -0.39 is 0 Å². The van der Waals surface area contributed by atoms with Gasteiger partial charge in [-0.25, -0.2) is 0 Å². The van der Waals surface area contributed by atoms with Gasteiger partial charge in [-0.1, -0.05) is 13.8 Å². The van der Waals surface area contributed by atoms with Crippen LogP contribution >= 0.6 is 0 Å². The van der Waals surface area contributed by atoms with E-state index in [2.05, 4.69) is 34.7 Å². The van der Waals surface area contributed by atoms with E-state index in [-0.39, 0.29) is 11.3 Å². The van der Waals surface area contributed by atoms with Crippen LogP contribution in [0.2, 0.25) is 0 Å². The van der Waals surface area contributed by atoms with Crippen LogP contribution in [0.15, 0.2) is 6.07 Å². The first-order chi connectivity index (χ1) is 9.40. The average molecular weight is 276 g/mol. The Morgan fingerprint density at radius 1 is 1.45 bits per heavy atom. The Balaban J connectivity index is 2.00. The molecule has 20 heavy (non-hydrogen) atoms. The molecule has 1 atom stereocenters. The molecule has 0 spiro atoms. The predicted molar refractivity (Wildman–Crippen MR) is 78.6 cm³/mol. The molecule has 0 aromatic carbocycles. The van der Waals surface area contributed by atoms with Crippen LogP contribution in [0.25, 0.3) is 0 Å². The number of carbonyl (C=O) groups excluding carboxylic acids is 1. The fraction of sp³-hybridized carbons (Fsp3) is 0.667. The van der Waals surface area contributed by atoms with E-state index in [0.717, 1.165) is 12.2 Å². The van der Waals surface area contributed by atoms with Gasteiger partial charge in [-0.15, -0.1) is 0 Å². The van der Waals surface area contributed by atoms with Crippen molar-refractivity contribution < 1.29 is 4.79 Å². The van der Waals surface area contributed by atoms with E-state index in [1.807, 2.05) is 13.8 Å². The zero-order valence-corrected chi connectivity index (χ0v) is 12.8. The number of aryl methyl sites for hydroxylation is 2. The van der Waals surface area contributed by atoms with E-state index >= 15 is 0 Å². The van der Waals surface area contributed by atoms with E-state index in [0.29, 0.717) is 23.8 Å². The summed E-state index contributed by atoms with van der Waals surface area (Å²) in [6, 6.07) is 2.10. The quantitative estimate of drug-likeness (QED) is 0.880. The van der Waals surface area contributed by atoms with Gasteiger partial charge >= 0.3 is 0 Å². The van der Waals surface area contributed by atoms with Gasteiger partial charge in [0.1, 0.15) is 0 Å². The third kappa shape index (κ3) is 3.33. The molecular weight excluding hydrogens is 252 g/mol. The number of piperidine rings is 1. The number of amides is 1. The van der Waals surface area contributed by atoms with Gasteiger partial charge < -0.3 is 10.6 Å². The molecule has 2 rings (SSSR count). The molecule has 1 saturated heterocycles. The van der Waals surface area contributed by atoms with Crippen LogP contribution < -0.4 is 10.6 Å². The van der Waals surface area contributed by atoms with E-state index in [4.69, 9.17) is 0 Å². The number of rotatable bonds is 3. The van der Waals surface area contributed by atoms with Crippen LogP contribution in [0.5, 0.6) is 0 Å². The van der Waals surface area contributed by atoms with Crippen molar-refractivity contribution in [3.05, 3.63) is 23.0 Å². The summed E-state index contributed by atoms with van der Waals surface area (Å²) >= 11 is 0. The molecule has 5 heteroatoms. The van der Waals surface area contributed by atoms with Gasteiger partial charge in [0.05, 0.1) is 17.0 Å². The van der Waals surface area contributed by atoms with Crippen molar-refractivity contribution in [2.45, 2.75) is 46.6 Å². The van der Waals surface area contributed by atoms with Gasteiger partial charge in [0.25, 0.3) is 5.91 Å². The lowest BCUT2D eigenvalue weighted by Crippen LogP contribution is -2.52. The van der Waals surface area contributed by atoms with Gasteiger partial charge in [0.2, 0.25) is 0 Å². The minimum atomic E-state index is -0.0660. The Morgan fingerprint density at radius 2 is 2.20 bits per heavy atom. The van der Waals surface area contributed by atoms with Crippen LogP contribution in [0, 0.1) is 19.3 Å². The highest BCUT2D eigenvalue weighted by Gasteiger charge is 2.32. The monoisotopic (exact) mass is 276 g/mol. The second kappa shape index (κ2) is 5.87. The summed E-state index contributed by atoms with van der Waals surface area (Å²) in [4.78, 5) is 12.3. The van der Waals surface area contributed by atoms with Crippen molar-refractivity contribution in [1.29, 1.82) is 0 Å².